The number of rotatable bonds is 8. The van der Waals surface area contributed by atoms with Gasteiger partial charge in [0, 0.05) is 5.69 Å². The Morgan fingerprint density at radius 1 is 1.06 bits per heavy atom. The molecule has 0 unspecified atom stereocenters. The van der Waals surface area contributed by atoms with Crippen molar-refractivity contribution in [3.8, 4) is 0 Å². The SMILES string of the molecule is CCOC(=O)c1c(NC(=O)CSc2nnc(C)s2)sc(C(=O)Nc2ccccc2)c1C. The fourth-order valence-corrected chi connectivity index (χ4v) is 5.33. The first kappa shape index (κ1) is 22.9. The van der Waals surface area contributed by atoms with Crippen molar-refractivity contribution in [2.45, 2.75) is 25.1 Å². The molecule has 0 aliphatic heterocycles. The molecular formula is C20H20N4O4S3. The number of aryl methyl sites for hydroxylation is 1. The van der Waals surface area contributed by atoms with Crippen LogP contribution in [0.25, 0.3) is 0 Å². The Morgan fingerprint density at radius 3 is 2.45 bits per heavy atom. The molecule has 2 amide bonds. The number of amides is 2. The molecule has 162 valence electrons. The molecule has 0 bridgehead atoms. The lowest BCUT2D eigenvalue weighted by Crippen LogP contribution is -2.16. The molecule has 2 N–H and O–H groups in total. The lowest BCUT2D eigenvalue weighted by molar-refractivity contribution is -0.113. The standard InChI is InChI=1S/C20H20N4O4S3/c1-4-28-19(27)15-11(2)16(17(26)21-13-8-6-5-7-9-13)31-18(15)22-14(25)10-29-20-24-23-12(3)30-20/h5-9H,4,10H2,1-3H3,(H,21,26)(H,22,25). The van der Waals surface area contributed by atoms with Crippen LogP contribution in [0.2, 0.25) is 0 Å². The van der Waals surface area contributed by atoms with Crippen LogP contribution in [-0.4, -0.2) is 40.3 Å². The van der Waals surface area contributed by atoms with E-state index < -0.39 is 5.97 Å². The first-order chi connectivity index (χ1) is 14.9. The highest BCUT2D eigenvalue weighted by Gasteiger charge is 2.26. The van der Waals surface area contributed by atoms with Gasteiger partial charge in [-0.1, -0.05) is 41.3 Å². The zero-order chi connectivity index (χ0) is 22.4. The number of thiophene rings is 1. The Hall–Kier alpha value is -2.76. The van der Waals surface area contributed by atoms with Crippen molar-refractivity contribution in [1.29, 1.82) is 0 Å². The van der Waals surface area contributed by atoms with Crippen LogP contribution in [0, 0.1) is 13.8 Å². The minimum absolute atomic E-state index is 0.0966. The number of hydrogen-bond donors (Lipinski definition) is 2. The highest BCUT2D eigenvalue weighted by molar-refractivity contribution is 8.01. The van der Waals surface area contributed by atoms with E-state index in [2.05, 4.69) is 20.8 Å². The van der Waals surface area contributed by atoms with Crippen LogP contribution in [0.3, 0.4) is 0 Å². The third-order valence-electron chi connectivity index (χ3n) is 3.95. The maximum Gasteiger partial charge on any atom is 0.341 e. The maximum atomic E-state index is 12.8. The van der Waals surface area contributed by atoms with Gasteiger partial charge in [-0.05, 0) is 38.5 Å². The van der Waals surface area contributed by atoms with Crippen LogP contribution in [0.5, 0.6) is 0 Å². The summed E-state index contributed by atoms with van der Waals surface area (Å²) >= 11 is 3.69. The molecule has 0 fully saturated rings. The number of anilines is 2. The Kier molecular flexibility index (Phi) is 7.77. The predicted octanol–water partition coefficient (Wildman–Crippen LogP) is 4.38. The molecule has 31 heavy (non-hydrogen) atoms. The van der Waals surface area contributed by atoms with Crippen LogP contribution in [-0.2, 0) is 9.53 Å². The van der Waals surface area contributed by atoms with Crippen LogP contribution in [0.4, 0.5) is 10.7 Å². The van der Waals surface area contributed by atoms with Crippen molar-refractivity contribution in [3.63, 3.8) is 0 Å². The molecule has 8 nitrogen and oxygen atoms in total. The number of hydrogen-bond acceptors (Lipinski definition) is 9. The van der Waals surface area contributed by atoms with Gasteiger partial charge in [-0.15, -0.1) is 21.5 Å². The number of benzene rings is 1. The molecule has 1 aromatic carbocycles. The second-order valence-electron chi connectivity index (χ2n) is 6.22. The average Bonchev–Trinajstić information content (AvgIpc) is 3.30. The van der Waals surface area contributed by atoms with Gasteiger partial charge in [0.05, 0.1) is 22.8 Å². The summed E-state index contributed by atoms with van der Waals surface area (Å²) in [6, 6.07) is 9.00. The molecule has 0 aliphatic rings. The Balaban J connectivity index is 1.80. The first-order valence-corrected chi connectivity index (χ1v) is 11.9. The van der Waals surface area contributed by atoms with E-state index in [1.807, 2.05) is 25.1 Å². The van der Waals surface area contributed by atoms with Crippen molar-refractivity contribution < 1.29 is 19.1 Å². The topological polar surface area (TPSA) is 110 Å². The van der Waals surface area contributed by atoms with E-state index >= 15 is 0 Å². The molecule has 0 saturated heterocycles. The summed E-state index contributed by atoms with van der Waals surface area (Å²) in [5.74, 6) is -1.17. The molecule has 0 atom stereocenters. The minimum Gasteiger partial charge on any atom is -0.462 e. The largest absolute Gasteiger partial charge is 0.462 e. The number of nitrogens with zero attached hydrogens (tertiary/aromatic N) is 2. The fraction of sp³-hybridized carbons (Fsp3) is 0.250. The van der Waals surface area contributed by atoms with Gasteiger partial charge in [-0.3, -0.25) is 9.59 Å². The second kappa shape index (κ2) is 10.5. The number of carbonyl (C=O) groups is 3. The van der Waals surface area contributed by atoms with Gasteiger partial charge in [-0.25, -0.2) is 4.79 Å². The van der Waals surface area contributed by atoms with Gasteiger partial charge in [0.1, 0.15) is 10.0 Å². The van der Waals surface area contributed by atoms with Gasteiger partial charge in [-0.2, -0.15) is 0 Å². The van der Waals surface area contributed by atoms with E-state index in [4.69, 9.17) is 4.74 Å². The summed E-state index contributed by atoms with van der Waals surface area (Å²) in [6.45, 7) is 5.38. The zero-order valence-electron chi connectivity index (χ0n) is 17.1. The van der Waals surface area contributed by atoms with E-state index in [9.17, 15) is 14.4 Å². The van der Waals surface area contributed by atoms with E-state index in [1.54, 1.807) is 26.0 Å². The third kappa shape index (κ3) is 5.90. The van der Waals surface area contributed by atoms with Crippen molar-refractivity contribution in [1.82, 2.24) is 10.2 Å². The lowest BCUT2D eigenvalue weighted by Gasteiger charge is -2.06. The van der Waals surface area contributed by atoms with Gasteiger partial charge in [0.2, 0.25) is 5.91 Å². The first-order valence-electron chi connectivity index (χ1n) is 9.28. The highest BCUT2D eigenvalue weighted by atomic mass is 32.2. The molecule has 2 aromatic heterocycles. The fourth-order valence-electron chi connectivity index (χ4n) is 2.60. The summed E-state index contributed by atoms with van der Waals surface area (Å²) in [7, 11) is 0. The number of carbonyl (C=O) groups excluding carboxylic acids is 3. The number of thioether (sulfide) groups is 1. The smallest absolute Gasteiger partial charge is 0.341 e. The van der Waals surface area contributed by atoms with Gasteiger partial charge < -0.3 is 15.4 Å². The summed E-state index contributed by atoms with van der Waals surface area (Å²) in [4.78, 5) is 38.1. The third-order valence-corrected chi connectivity index (χ3v) is 7.13. The summed E-state index contributed by atoms with van der Waals surface area (Å²) < 4.78 is 5.82. The van der Waals surface area contributed by atoms with Gasteiger partial charge >= 0.3 is 5.97 Å². The monoisotopic (exact) mass is 476 g/mol. The van der Waals surface area contributed by atoms with Crippen molar-refractivity contribution >= 4 is 62.9 Å². The van der Waals surface area contributed by atoms with Crippen molar-refractivity contribution in [2.24, 2.45) is 0 Å². The number of para-hydroxylation sites is 1. The second-order valence-corrected chi connectivity index (χ2v) is 9.65. The maximum absolute atomic E-state index is 12.8. The van der Waals surface area contributed by atoms with Gasteiger partial charge in [0.25, 0.3) is 5.91 Å². The molecule has 0 aliphatic carbocycles. The molecule has 0 spiro atoms. The average molecular weight is 477 g/mol. The number of nitrogens with one attached hydrogen (secondary N) is 2. The van der Waals surface area contributed by atoms with Gasteiger partial charge in [0.15, 0.2) is 4.34 Å². The van der Waals surface area contributed by atoms with Crippen LogP contribution in [0.1, 0.15) is 37.5 Å². The van der Waals surface area contributed by atoms with E-state index in [-0.39, 0.29) is 34.7 Å². The molecule has 11 heteroatoms. The van der Waals surface area contributed by atoms with Crippen LogP contribution < -0.4 is 10.6 Å². The lowest BCUT2D eigenvalue weighted by atomic mass is 10.1. The normalized spacial score (nSPS) is 10.5. The van der Waals surface area contributed by atoms with Crippen molar-refractivity contribution in [2.75, 3.05) is 23.0 Å². The van der Waals surface area contributed by atoms with Crippen molar-refractivity contribution in [3.05, 3.63) is 51.3 Å². The molecule has 2 heterocycles. The highest BCUT2D eigenvalue weighted by Crippen LogP contribution is 2.34. The minimum atomic E-state index is -0.585. The predicted molar refractivity (Wildman–Crippen MR) is 123 cm³/mol. The Bertz CT molecular complexity index is 1100. The summed E-state index contributed by atoms with van der Waals surface area (Å²) in [5.41, 5.74) is 1.28. The van der Waals surface area contributed by atoms with E-state index in [1.165, 1.54) is 23.1 Å². The zero-order valence-corrected chi connectivity index (χ0v) is 19.5. The number of ether oxygens (including phenoxy) is 1. The quantitative estimate of drug-likeness (QED) is 0.367. The Morgan fingerprint density at radius 2 is 1.81 bits per heavy atom. The molecule has 3 aromatic rings. The molecule has 0 saturated carbocycles. The molecular weight excluding hydrogens is 456 g/mol. The molecule has 0 radical (unpaired) electrons. The number of esters is 1. The summed E-state index contributed by atoms with van der Waals surface area (Å²) in [5, 5.41) is 14.5. The molecule has 3 rings (SSSR count). The Labute approximate surface area is 191 Å². The van der Waals surface area contributed by atoms with E-state index in [0.717, 1.165) is 16.3 Å². The number of aromatic nitrogens is 2. The van der Waals surface area contributed by atoms with E-state index in [0.29, 0.717) is 20.5 Å². The summed E-state index contributed by atoms with van der Waals surface area (Å²) in [6.07, 6.45) is 0. The van der Waals surface area contributed by atoms with Crippen LogP contribution in [0.15, 0.2) is 34.7 Å². The van der Waals surface area contributed by atoms with Crippen LogP contribution >= 0.6 is 34.4 Å².